The molecular weight excluding hydrogens is 224 g/mol. The van der Waals surface area contributed by atoms with Gasteiger partial charge in [0.1, 0.15) is 0 Å². The van der Waals surface area contributed by atoms with Crippen LogP contribution in [0.25, 0.3) is 11.0 Å². The lowest BCUT2D eigenvalue weighted by Gasteiger charge is -2.12. The molecule has 0 saturated carbocycles. The maximum absolute atomic E-state index is 14.0. The normalized spacial score (nSPS) is 13.2. The molecule has 0 spiro atoms. The molecule has 1 N–H and O–H groups in total. The SMILES string of the molecule is CCN[C@H](C)Cc1ccc2cc(F)oc2c1F. The van der Waals surface area contributed by atoms with Crippen molar-refractivity contribution in [3.05, 3.63) is 35.6 Å². The Morgan fingerprint density at radius 1 is 1.35 bits per heavy atom. The van der Waals surface area contributed by atoms with Gasteiger partial charge in [0.2, 0.25) is 0 Å². The van der Waals surface area contributed by atoms with Crippen LogP contribution in [0, 0.1) is 11.8 Å². The van der Waals surface area contributed by atoms with Gasteiger partial charge >= 0.3 is 0 Å². The maximum atomic E-state index is 14.0. The first kappa shape index (κ1) is 12.0. The van der Waals surface area contributed by atoms with Crippen molar-refractivity contribution in [1.29, 1.82) is 0 Å². The molecule has 0 fully saturated rings. The van der Waals surface area contributed by atoms with E-state index in [1.807, 2.05) is 13.8 Å². The standard InChI is InChI=1S/C13H15F2NO/c1-3-16-8(2)6-9-4-5-10-7-11(14)17-13(10)12(9)15/h4-5,7-8,16H,3,6H2,1-2H3/t8-/m1/s1. The minimum atomic E-state index is -0.754. The molecule has 0 aliphatic rings. The molecule has 17 heavy (non-hydrogen) atoms. The third kappa shape index (κ3) is 2.47. The minimum Gasteiger partial charge on any atom is -0.428 e. The lowest BCUT2D eigenvalue weighted by molar-refractivity contribution is 0.373. The number of fused-ring (bicyclic) bond motifs is 1. The van der Waals surface area contributed by atoms with Crippen molar-refractivity contribution >= 4 is 11.0 Å². The first-order valence-corrected chi connectivity index (χ1v) is 5.71. The molecule has 0 unspecified atom stereocenters. The van der Waals surface area contributed by atoms with Gasteiger partial charge in [-0.2, -0.15) is 4.39 Å². The van der Waals surface area contributed by atoms with Crippen LogP contribution >= 0.6 is 0 Å². The average molecular weight is 239 g/mol. The van der Waals surface area contributed by atoms with E-state index in [-0.39, 0.29) is 11.6 Å². The molecule has 1 heterocycles. The molecular formula is C13H15F2NO. The summed E-state index contributed by atoms with van der Waals surface area (Å²) in [5, 5.41) is 3.66. The van der Waals surface area contributed by atoms with Gasteiger partial charge in [0.05, 0.1) is 0 Å². The number of benzene rings is 1. The van der Waals surface area contributed by atoms with Gasteiger partial charge in [-0.25, -0.2) is 4.39 Å². The third-order valence-electron chi connectivity index (χ3n) is 2.75. The molecule has 2 aromatic rings. The van der Waals surface area contributed by atoms with Gasteiger partial charge in [-0.05, 0) is 25.5 Å². The second kappa shape index (κ2) is 4.84. The van der Waals surface area contributed by atoms with Crippen molar-refractivity contribution in [3.8, 4) is 0 Å². The number of rotatable bonds is 4. The van der Waals surface area contributed by atoms with Crippen LogP contribution in [0.5, 0.6) is 0 Å². The quantitative estimate of drug-likeness (QED) is 0.886. The Labute approximate surface area is 98.6 Å². The summed E-state index contributed by atoms with van der Waals surface area (Å²) >= 11 is 0. The molecule has 2 rings (SSSR count). The van der Waals surface area contributed by atoms with Crippen LogP contribution in [0.15, 0.2) is 22.6 Å². The van der Waals surface area contributed by atoms with Crippen LogP contribution in [0.2, 0.25) is 0 Å². The van der Waals surface area contributed by atoms with Crippen LogP contribution in [0.1, 0.15) is 19.4 Å². The van der Waals surface area contributed by atoms with Crippen molar-refractivity contribution in [1.82, 2.24) is 5.32 Å². The lowest BCUT2D eigenvalue weighted by Crippen LogP contribution is -2.27. The van der Waals surface area contributed by atoms with Gasteiger partial charge < -0.3 is 9.73 Å². The fourth-order valence-electron chi connectivity index (χ4n) is 1.99. The predicted molar refractivity (Wildman–Crippen MR) is 63.0 cm³/mol. The van der Waals surface area contributed by atoms with Crippen molar-refractivity contribution in [3.63, 3.8) is 0 Å². The van der Waals surface area contributed by atoms with Gasteiger partial charge in [0.15, 0.2) is 11.4 Å². The molecule has 1 aromatic carbocycles. The highest BCUT2D eigenvalue weighted by Gasteiger charge is 2.14. The van der Waals surface area contributed by atoms with E-state index in [1.54, 1.807) is 12.1 Å². The number of hydrogen-bond acceptors (Lipinski definition) is 2. The van der Waals surface area contributed by atoms with Crippen LogP contribution < -0.4 is 5.32 Å². The first-order valence-electron chi connectivity index (χ1n) is 5.71. The Balaban J connectivity index is 2.32. The summed E-state index contributed by atoms with van der Waals surface area (Å²) in [4.78, 5) is 0. The number of hydrogen-bond donors (Lipinski definition) is 1. The molecule has 0 aliphatic heterocycles. The third-order valence-corrected chi connectivity index (χ3v) is 2.75. The van der Waals surface area contributed by atoms with Crippen molar-refractivity contribution < 1.29 is 13.2 Å². The van der Waals surface area contributed by atoms with E-state index in [0.717, 1.165) is 6.54 Å². The second-order valence-electron chi connectivity index (χ2n) is 4.17. The number of nitrogens with one attached hydrogen (secondary N) is 1. The molecule has 1 atom stereocenters. The molecule has 0 radical (unpaired) electrons. The Hall–Kier alpha value is -1.42. The van der Waals surface area contributed by atoms with Crippen LogP contribution in [-0.4, -0.2) is 12.6 Å². The summed E-state index contributed by atoms with van der Waals surface area (Å²) in [6.45, 7) is 4.81. The van der Waals surface area contributed by atoms with Crippen molar-refractivity contribution in [2.75, 3.05) is 6.54 Å². The van der Waals surface area contributed by atoms with E-state index in [2.05, 4.69) is 5.32 Å². The van der Waals surface area contributed by atoms with E-state index >= 15 is 0 Å². The number of furan rings is 1. The molecule has 0 bridgehead atoms. The summed E-state index contributed by atoms with van der Waals surface area (Å²) in [5.41, 5.74) is 0.545. The number of likely N-dealkylation sites (N-methyl/N-ethyl adjacent to an activating group) is 1. The molecule has 0 saturated heterocycles. The summed E-state index contributed by atoms with van der Waals surface area (Å²) < 4.78 is 31.6. The van der Waals surface area contributed by atoms with Crippen molar-refractivity contribution in [2.24, 2.45) is 0 Å². The highest BCUT2D eigenvalue weighted by molar-refractivity contribution is 5.78. The van der Waals surface area contributed by atoms with Crippen molar-refractivity contribution in [2.45, 2.75) is 26.3 Å². The zero-order valence-corrected chi connectivity index (χ0v) is 9.89. The topological polar surface area (TPSA) is 25.2 Å². The van der Waals surface area contributed by atoms with Crippen LogP contribution in [0.3, 0.4) is 0 Å². The lowest BCUT2D eigenvalue weighted by atomic mass is 10.1. The maximum Gasteiger partial charge on any atom is 0.278 e. The minimum absolute atomic E-state index is 0.00342. The number of halogens is 2. The summed E-state index contributed by atoms with van der Waals surface area (Å²) in [5.74, 6) is -0.462. The highest BCUT2D eigenvalue weighted by atomic mass is 19.1. The summed E-state index contributed by atoms with van der Waals surface area (Å²) in [7, 11) is 0. The van der Waals surface area contributed by atoms with E-state index < -0.39 is 11.8 Å². The van der Waals surface area contributed by atoms with Crippen LogP contribution in [-0.2, 0) is 6.42 Å². The van der Waals surface area contributed by atoms with Gasteiger partial charge in [-0.3, -0.25) is 0 Å². The van der Waals surface area contributed by atoms with E-state index in [9.17, 15) is 8.78 Å². The fourth-order valence-corrected chi connectivity index (χ4v) is 1.99. The van der Waals surface area contributed by atoms with E-state index in [0.29, 0.717) is 17.4 Å². The molecule has 4 heteroatoms. The Bertz CT molecular complexity index is 521. The van der Waals surface area contributed by atoms with E-state index in [4.69, 9.17) is 4.42 Å². The molecule has 92 valence electrons. The van der Waals surface area contributed by atoms with Gasteiger partial charge in [0.25, 0.3) is 6.01 Å². The molecule has 0 aliphatic carbocycles. The second-order valence-corrected chi connectivity index (χ2v) is 4.17. The van der Waals surface area contributed by atoms with E-state index in [1.165, 1.54) is 6.07 Å². The zero-order valence-electron chi connectivity index (χ0n) is 9.89. The monoisotopic (exact) mass is 239 g/mol. The Kier molecular flexibility index (Phi) is 3.43. The molecule has 2 nitrogen and oxygen atoms in total. The average Bonchev–Trinajstić information content (AvgIpc) is 2.64. The first-order chi connectivity index (χ1) is 8.11. The summed E-state index contributed by atoms with van der Waals surface area (Å²) in [6.07, 6.45) is 0.554. The molecule has 0 amide bonds. The van der Waals surface area contributed by atoms with Gasteiger partial charge in [0, 0.05) is 17.5 Å². The highest BCUT2D eigenvalue weighted by Crippen LogP contribution is 2.24. The largest absolute Gasteiger partial charge is 0.428 e. The molecule has 1 aromatic heterocycles. The fraction of sp³-hybridized carbons (Fsp3) is 0.385. The smallest absolute Gasteiger partial charge is 0.278 e. The van der Waals surface area contributed by atoms with Gasteiger partial charge in [-0.15, -0.1) is 0 Å². The predicted octanol–water partition coefficient (Wildman–Crippen LogP) is 3.25. The van der Waals surface area contributed by atoms with Crippen LogP contribution in [0.4, 0.5) is 8.78 Å². The Morgan fingerprint density at radius 3 is 2.82 bits per heavy atom. The summed E-state index contributed by atoms with van der Waals surface area (Å²) in [6, 6.07) is 3.97. The Morgan fingerprint density at radius 2 is 2.12 bits per heavy atom. The van der Waals surface area contributed by atoms with Gasteiger partial charge in [-0.1, -0.05) is 19.1 Å². The zero-order chi connectivity index (χ0) is 12.4.